The van der Waals surface area contributed by atoms with Crippen LogP contribution in [-0.4, -0.2) is 45.8 Å². The molecule has 0 spiro atoms. The van der Waals surface area contributed by atoms with E-state index in [-0.39, 0.29) is 23.8 Å². The maximum absolute atomic E-state index is 12.5. The fraction of sp³-hybridized carbons (Fsp3) is 0.211. The molecule has 3 rings (SSSR count). The van der Waals surface area contributed by atoms with Crippen LogP contribution in [0.1, 0.15) is 21.5 Å². The second-order valence-electron chi connectivity index (χ2n) is 6.31. The van der Waals surface area contributed by atoms with E-state index >= 15 is 0 Å². The van der Waals surface area contributed by atoms with Crippen LogP contribution in [0.25, 0.3) is 0 Å². The molecule has 2 amide bonds. The van der Waals surface area contributed by atoms with Gasteiger partial charge in [0.05, 0.1) is 6.42 Å². The Hall–Kier alpha value is -3.76. The van der Waals surface area contributed by atoms with Gasteiger partial charge in [-0.15, -0.1) is 0 Å². The number of aromatic hydroxyl groups is 2. The number of benzene rings is 2. The summed E-state index contributed by atoms with van der Waals surface area (Å²) in [5.74, 6) is -3.91. The lowest BCUT2D eigenvalue weighted by Gasteiger charge is -2.18. The summed E-state index contributed by atoms with van der Waals surface area (Å²) in [7, 11) is 0. The molecule has 30 heavy (non-hydrogen) atoms. The Bertz CT molecular complexity index is 991. The molecule has 1 aliphatic heterocycles. The van der Waals surface area contributed by atoms with E-state index in [1.807, 2.05) is 6.07 Å². The van der Waals surface area contributed by atoms with Gasteiger partial charge in [0, 0.05) is 17.8 Å². The molecule has 1 heterocycles. The average Bonchev–Trinajstić information content (AvgIpc) is 3.07. The number of carbonyl (C=O) groups is 3. The second kappa shape index (κ2) is 8.72. The topological polar surface area (TPSA) is 141 Å². The van der Waals surface area contributed by atoms with Crippen molar-refractivity contribution in [3.63, 3.8) is 0 Å². The zero-order chi connectivity index (χ0) is 22.6. The Morgan fingerprint density at radius 1 is 1.03 bits per heavy atom. The Morgan fingerprint density at radius 3 is 2.20 bits per heavy atom. The first-order valence-corrected chi connectivity index (χ1v) is 8.44. The van der Waals surface area contributed by atoms with Gasteiger partial charge in [0.2, 0.25) is 11.8 Å². The number of alkyl halides is 3. The molecule has 0 unspecified atom stereocenters. The summed E-state index contributed by atoms with van der Waals surface area (Å²) >= 11 is 0. The van der Waals surface area contributed by atoms with Crippen LogP contribution in [0.2, 0.25) is 0 Å². The van der Waals surface area contributed by atoms with Gasteiger partial charge in [0.25, 0.3) is 0 Å². The van der Waals surface area contributed by atoms with Crippen molar-refractivity contribution in [1.82, 2.24) is 0 Å². The number of nitrogens with two attached hydrogens (primary N) is 1. The second-order valence-corrected chi connectivity index (χ2v) is 6.31. The third-order valence-corrected chi connectivity index (χ3v) is 4.20. The van der Waals surface area contributed by atoms with Crippen molar-refractivity contribution in [3.05, 3.63) is 53.1 Å². The van der Waals surface area contributed by atoms with Crippen LogP contribution in [0.5, 0.6) is 11.5 Å². The van der Waals surface area contributed by atoms with E-state index < -0.39 is 18.1 Å². The van der Waals surface area contributed by atoms with Crippen LogP contribution in [0.15, 0.2) is 36.4 Å². The number of hydrogen-bond donors (Lipinski definition) is 4. The maximum Gasteiger partial charge on any atom is 0.490 e. The molecule has 0 fully saturated rings. The monoisotopic (exact) mass is 426 g/mol. The van der Waals surface area contributed by atoms with Crippen molar-refractivity contribution in [3.8, 4) is 11.5 Å². The highest BCUT2D eigenvalue weighted by molar-refractivity contribution is 5.99. The number of aliphatic carboxylic acids is 1. The predicted octanol–water partition coefficient (Wildman–Crippen LogP) is 1.96. The first kappa shape index (κ1) is 22.5. The molecule has 0 bridgehead atoms. The minimum atomic E-state index is -5.08. The van der Waals surface area contributed by atoms with Crippen LogP contribution >= 0.6 is 0 Å². The Labute approximate surface area is 168 Å². The SMILES string of the molecule is NC(=O)c1ccc2c(c1)N(C(=O)Cc1ccc(O)c(O)c1)CC2.O=C(O)C(F)(F)F. The van der Waals surface area contributed by atoms with Crippen LogP contribution < -0.4 is 10.6 Å². The molecule has 0 radical (unpaired) electrons. The zero-order valence-electron chi connectivity index (χ0n) is 15.3. The standard InChI is InChI=1S/C17H16N2O4.C2HF3O2/c18-17(23)12-3-2-11-5-6-19(13(11)9-12)16(22)8-10-1-4-14(20)15(21)7-10;3-2(4,5)1(6)7/h1-4,7,9,20-21H,5-6,8H2,(H2,18,23);(H,6,7). The first-order chi connectivity index (χ1) is 13.9. The summed E-state index contributed by atoms with van der Waals surface area (Å²) in [6.07, 6.45) is -4.27. The average molecular weight is 426 g/mol. The van der Waals surface area contributed by atoms with Crippen molar-refractivity contribution in [2.75, 3.05) is 11.4 Å². The highest BCUT2D eigenvalue weighted by Gasteiger charge is 2.38. The lowest BCUT2D eigenvalue weighted by atomic mass is 10.1. The first-order valence-electron chi connectivity index (χ1n) is 8.44. The number of carboxylic acid groups (broad SMARTS) is 1. The molecule has 1 aliphatic rings. The van der Waals surface area contributed by atoms with Crippen LogP contribution in [0, 0.1) is 0 Å². The van der Waals surface area contributed by atoms with Gasteiger partial charge < -0.3 is 26.0 Å². The van der Waals surface area contributed by atoms with Gasteiger partial charge in [-0.1, -0.05) is 12.1 Å². The molecule has 5 N–H and O–H groups in total. The fourth-order valence-corrected chi connectivity index (χ4v) is 2.74. The summed E-state index contributed by atoms with van der Waals surface area (Å²) < 4.78 is 31.7. The van der Waals surface area contributed by atoms with Gasteiger partial charge in [-0.2, -0.15) is 13.2 Å². The molecule has 0 saturated heterocycles. The zero-order valence-corrected chi connectivity index (χ0v) is 15.3. The van der Waals surface area contributed by atoms with Crippen LogP contribution in [0.4, 0.5) is 18.9 Å². The molecule has 0 aromatic heterocycles. The van der Waals surface area contributed by atoms with Crippen molar-refractivity contribution in [2.45, 2.75) is 19.0 Å². The van der Waals surface area contributed by atoms with Crippen LogP contribution in [0.3, 0.4) is 0 Å². The number of nitrogens with zero attached hydrogens (tertiary/aromatic N) is 1. The number of anilines is 1. The van der Waals surface area contributed by atoms with Gasteiger partial charge >= 0.3 is 12.1 Å². The quantitative estimate of drug-likeness (QED) is 0.553. The number of primary amides is 1. The number of carboxylic acids is 1. The van der Waals surface area contributed by atoms with E-state index in [0.29, 0.717) is 23.4 Å². The summed E-state index contributed by atoms with van der Waals surface area (Å²) in [5, 5.41) is 25.9. The molecule has 8 nitrogen and oxygen atoms in total. The molecule has 0 aliphatic carbocycles. The van der Waals surface area contributed by atoms with E-state index in [2.05, 4.69) is 0 Å². The van der Waals surface area contributed by atoms with E-state index in [0.717, 1.165) is 12.0 Å². The minimum Gasteiger partial charge on any atom is -0.504 e. The lowest BCUT2D eigenvalue weighted by Crippen LogP contribution is -2.30. The van der Waals surface area contributed by atoms with Crippen molar-refractivity contribution >= 4 is 23.5 Å². The van der Waals surface area contributed by atoms with Gasteiger partial charge in [-0.25, -0.2) is 4.79 Å². The van der Waals surface area contributed by atoms with Gasteiger partial charge in [-0.3, -0.25) is 9.59 Å². The Balaban J connectivity index is 0.000000396. The van der Waals surface area contributed by atoms with E-state index in [1.54, 1.807) is 23.1 Å². The minimum absolute atomic E-state index is 0.0913. The number of amides is 2. The van der Waals surface area contributed by atoms with Crippen molar-refractivity contribution < 1.29 is 42.9 Å². The third kappa shape index (κ3) is 5.40. The van der Waals surface area contributed by atoms with E-state index in [1.165, 1.54) is 12.1 Å². The number of halogens is 3. The van der Waals surface area contributed by atoms with Gasteiger partial charge in [-0.05, 0) is 41.8 Å². The fourth-order valence-electron chi connectivity index (χ4n) is 2.74. The van der Waals surface area contributed by atoms with E-state index in [9.17, 15) is 33.0 Å². The number of fused-ring (bicyclic) bond motifs is 1. The summed E-state index contributed by atoms with van der Waals surface area (Å²) in [5.41, 5.74) is 7.96. The molecule has 160 valence electrons. The van der Waals surface area contributed by atoms with Crippen molar-refractivity contribution in [1.29, 1.82) is 0 Å². The molecule has 0 saturated carbocycles. The summed E-state index contributed by atoms with van der Waals surface area (Å²) in [4.78, 5) is 34.3. The molecular weight excluding hydrogens is 409 g/mol. The Morgan fingerprint density at radius 2 is 1.67 bits per heavy atom. The highest BCUT2D eigenvalue weighted by Crippen LogP contribution is 2.30. The summed E-state index contributed by atoms with van der Waals surface area (Å²) in [6, 6.07) is 9.41. The van der Waals surface area contributed by atoms with E-state index in [4.69, 9.17) is 15.6 Å². The maximum atomic E-state index is 12.5. The van der Waals surface area contributed by atoms with Gasteiger partial charge in [0.1, 0.15) is 0 Å². The number of carbonyl (C=O) groups excluding carboxylic acids is 2. The smallest absolute Gasteiger partial charge is 0.490 e. The largest absolute Gasteiger partial charge is 0.504 e. The number of rotatable bonds is 3. The Kier molecular flexibility index (Phi) is 6.55. The van der Waals surface area contributed by atoms with Gasteiger partial charge in [0.15, 0.2) is 11.5 Å². The molecule has 2 aromatic rings. The molecular formula is C19H17F3N2O6. The summed E-state index contributed by atoms with van der Waals surface area (Å²) in [6.45, 7) is 0.542. The third-order valence-electron chi connectivity index (χ3n) is 4.20. The molecule has 11 heteroatoms. The normalized spacial score (nSPS) is 12.6. The lowest BCUT2D eigenvalue weighted by molar-refractivity contribution is -0.192. The predicted molar refractivity (Wildman–Crippen MR) is 98.2 cm³/mol. The molecule has 2 aromatic carbocycles. The number of hydrogen-bond acceptors (Lipinski definition) is 5. The molecule has 0 atom stereocenters. The number of phenolic OH excluding ortho intramolecular Hbond substituents is 2. The van der Waals surface area contributed by atoms with Crippen LogP contribution in [-0.2, 0) is 22.4 Å². The number of phenols is 2. The highest BCUT2D eigenvalue weighted by atomic mass is 19.4. The van der Waals surface area contributed by atoms with Crippen molar-refractivity contribution in [2.24, 2.45) is 5.73 Å².